The molecule has 1 aliphatic rings. The molecule has 0 bridgehead atoms. The zero-order valence-corrected chi connectivity index (χ0v) is 16.1. The summed E-state index contributed by atoms with van der Waals surface area (Å²) in [5.41, 5.74) is 3.61. The summed E-state index contributed by atoms with van der Waals surface area (Å²) in [4.78, 5) is 31.4. The van der Waals surface area contributed by atoms with Crippen molar-refractivity contribution in [2.45, 2.75) is 19.8 Å². The Kier molecular flexibility index (Phi) is 4.37. The van der Waals surface area contributed by atoms with Crippen LogP contribution in [-0.2, 0) is 11.8 Å². The number of aliphatic carboxylic acids is 1. The van der Waals surface area contributed by atoms with Crippen molar-refractivity contribution in [2.24, 2.45) is 13.0 Å². The van der Waals surface area contributed by atoms with Crippen molar-refractivity contribution in [3.63, 3.8) is 0 Å². The first-order valence-corrected chi connectivity index (χ1v) is 9.24. The van der Waals surface area contributed by atoms with Gasteiger partial charge in [0.1, 0.15) is 0 Å². The monoisotopic (exact) mass is 378 g/mol. The highest BCUT2D eigenvalue weighted by Crippen LogP contribution is 2.34. The van der Waals surface area contributed by atoms with E-state index < -0.39 is 11.9 Å². The van der Waals surface area contributed by atoms with Gasteiger partial charge in [0, 0.05) is 31.7 Å². The molecular weight excluding hydrogens is 356 g/mol. The van der Waals surface area contributed by atoms with Gasteiger partial charge in [-0.25, -0.2) is 4.98 Å². The Labute approximate surface area is 162 Å². The number of fused-ring (bicyclic) bond motifs is 1. The van der Waals surface area contributed by atoms with Crippen molar-refractivity contribution >= 4 is 22.9 Å². The fourth-order valence-electron chi connectivity index (χ4n) is 4.17. The first-order chi connectivity index (χ1) is 13.4. The van der Waals surface area contributed by atoms with Crippen molar-refractivity contribution in [3.05, 3.63) is 58.9 Å². The van der Waals surface area contributed by atoms with Crippen LogP contribution < -0.4 is 0 Å². The molecular formula is C21H22N4O3. The number of benzene rings is 1. The maximum Gasteiger partial charge on any atom is 0.308 e. The van der Waals surface area contributed by atoms with Gasteiger partial charge in [0.15, 0.2) is 5.65 Å². The Balaban J connectivity index is 1.73. The molecule has 7 heteroatoms. The molecule has 1 fully saturated rings. The van der Waals surface area contributed by atoms with Crippen molar-refractivity contribution in [2.75, 3.05) is 13.1 Å². The van der Waals surface area contributed by atoms with Gasteiger partial charge in [-0.05, 0) is 25.5 Å². The zero-order chi connectivity index (χ0) is 20.0. The topological polar surface area (TPSA) is 88.3 Å². The predicted octanol–water partition coefficient (Wildman–Crippen LogP) is 2.53. The minimum atomic E-state index is -0.877. The molecule has 1 saturated heterocycles. The molecule has 1 amide bonds. The van der Waals surface area contributed by atoms with E-state index in [0.717, 1.165) is 22.3 Å². The quantitative estimate of drug-likeness (QED) is 0.757. The summed E-state index contributed by atoms with van der Waals surface area (Å²) in [6, 6.07) is 11.3. The number of pyridine rings is 1. The summed E-state index contributed by atoms with van der Waals surface area (Å²) < 4.78 is 1.67. The van der Waals surface area contributed by atoms with Crippen LogP contribution in [0.2, 0.25) is 0 Å². The van der Waals surface area contributed by atoms with Crippen LogP contribution in [0, 0.1) is 19.8 Å². The van der Waals surface area contributed by atoms with E-state index in [0.29, 0.717) is 17.8 Å². The molecule has 1 N–H and O–H groups in total. The van der Waals surface area contributed by atoms with Crippen molar-refractivity contribution < 1.29 is 14.7 Å². The number of likely N-dealkylation sites (tertiary alicyclic amines) is 1. The molecule has 2 atom stereocenters. The third-order valence-electron chi connectivity index (χ3n) is 5.48. The van der Waals surface area contributed by atoms with Crippen molar-refractivity contribution in [1.82, 2.24) is 19.7 Å². The van der Waals surface area contributed by atoms with Crippen LogP contribution in [0.25, 0.3) is 11.0 Å². The molecule has 2 aromatic heterocycles. The van der Waals surface area contributed by atoms with Crippen LogP contribution in [0.1, 0.15) is 33.2 Å². The number of carboxylic acid groups (broad SMARTS) is 1. The number of carbonyl (C=O) groups is 2. The Hall–Kier alpha value is -3.22. The van der Waals surface area contributed by atoms with Crippen LogP contribution in [0.3, 0.4) is 0 Å². The van der Waals surface area contributed by atoms with Crippen LogP contribution in [-0.4, -0.2) is 49.7 Å². The molecule has 4 rings (SSSR count). The smallest absolute Gasteiger partial charge is 0.308 e. The Morgan fingerprint density at radius 2 is 1.86 bits per heavy atom. The number of carbonyl (C=O) groups excluding carboxylic acids is 1. The molecule has 144 valence electrons. The molecule has 0 spiro atoms. The molecule has 3 heterocycles. The maximum atomic E-state index is 13.4. The number of amides is 1. The summed E-state index contributed by atoms with van der Waals surface area (Å²) >= 11 is 0. The normalized spacial score (nSPS) is 19.3. The van der Waals surface area contributed by atoms with E-state index in [4.69, 9.17) is 0 Å². The lowest BCUT2D eigenvalue weighted by molar-refractivity contribution is -0.141. The number of rotatable bonds is 3. The van der Waals surface area contributed by atoms with E-state index in [1.54, 1.807) is 22.7 Å². The number of carboxylic acids is 1. The second-order valence-electron chi connectivity index (χ2n) is 7.39. The Morgan fingerprint density at radius 3 is 2.54 bits per heavy atom. The zero-order valence-electron chi connectivity index (χ0n) is 16.1. The van der Waals surface area contributed by atoms with E-state index in [1.807, 2.05) is 44.2 Å². The molecule has 3 aromatic rings. The van der Waals surface area contributed by atoms with Crippen LogP contribution in [0.5, 0.6) is 0 Å². The Morgan fingerprint density at radius 1 is 1.14 bits per heavy atom. The van der Waals surface area contributed by atoms with E-state index in [9.17, 15) is 14.7 Å². The molecule has 1 aliphatic heterocycles. The van der Waals surface area contributed by atoms with Crippen LogP contribution in [0.15, 0.2) is 36.4 Å². The number of hydrogen-bond acceptors (Lipinski definition) is 4. The van der Waals surface area contributed by atoms with E-state index in [-0.39, 0.29) is 18.4 Å². The molecule has 1 aromatic carbocycles. The fourth-order valence-corrected chi connectivity index (χ4v) is 4.17. The van der Waals surface area contributed by atoms with Crippen molar-refractivity contribution in [3.8, 4) is 0 Å². The number of aryl methyl sites for hydroxylation is 3. The lowest BCUT2D eigenvalue weighted by Gasteiger charge is -2.17. The highest BCUT2D eigenvalue weighted by atomic mass is 16.4. The summed E-state index contributed by atoms with van der Waals surface area (Å²) in [6.07, 6.45) is 0. The highest BCUT2D eigenvalue weighted by molar-refractivity contribution is 6.06. The minimum Gasteiger partial charge on any atom is -0.481 e. The Bertz CT molecular complexity index is 1070. The van der Waals surface area contributed by atoms with Crippen LogP contribution in [0.4, 0.5) is 0 Å². The fraction of sp³-hybridized carbons (Fsp3) is 0.333. The lowest BCUT2D eigenvalue weighted by atomic mass is 9.89. The molecule has 7 nitrogen and oxygen atoms in total. The molecule has 0 unspecified atom stereocenters. The predicted molar refractivity (Wildman–Crippen MR) is 104 cm³/mol. The first kappa shape index (κ1) is 18.2. The lowest BCUT2D eigenvalue weighted by Crippen LogP contribution is -2.30. The van der Waals surface area contributed by atoms with Gasteiger partial charge in [-0.2, -0.15) is 5.10 Å². The van der Waals surface area contributed by atoms with Gasteiger partial charge in [0.25, 0.3) is 5.91 Å². The first-order valence-electron chi connectivity index (χ1n) is 9.24. The standard InChI is InChI=1S/C21H22N4O3/c1-12-9-15(18-13(2)23-24(3)19(18)22-12)20(26)25-10-16(17(11-25)21(27)28)14-7-5-4-6-8-14/h4-9,16-17H,10-11H2,1-3H3,(H,27,28)/t16-,17+/m0/s1. The molecule has 28 heavy (non-hydrogen) atoms. The van der Waals surface area contributed by atoms with Crippen LogP contribution >= 0.6 is 0 Å². The molecule has 0 aliphatic carbocycles. The summed E-state index contributed by atoms with van der Waals surface area (Å²) in [6.45, 7) is 4.26. The summed E-state index contributed by atoms with van der Waals surface area (Å²) in [7, 11) is 1.80. The number of nitrogens with zero attached hydrogens (tertiary/aromatic N) is 4. The highest BCUT2D eigenvalue weighted by Gasteiger charge is 2.41. The third-order valence-corrected chi connectivity index (χ3v) is 5.48. The molecule has 0 saturated carbocycles. The van der Waals surface area contributed by atoms with Gasteiger partial charge in [-0.3, -0.25) is 14.3 Å². The minimum absolute atomic E-state index is 0.170. The third kappa shape index (κ3) is 2.93. The summed E-state index contributed by atoms with van der Waals surface area (Å²) in [5.74, 6) is -1.90. The average Bonchev–Trinajstić information content (AvgIpc) is 3.23. The maximum absolute atomic E-state index is 13.4. The summed E-state index contributed by atoms with van der Waals surface area (Å²) in [5, 5.41) is 14.8. The SMILES string of the molecule is Cc1cc(C(=O)N2C[C@@H](C(=O)O)[C@H](c3ccccc3)C2)c2c(C)nn(C)c2n1. The second kappa shape index (κ2) is 6.74. The van der Waals surface area contributed by atoms with Gasteiger partial charge < -0.3 is 10.0 Å². The van der Waals surface area contributed by atoms with Gasteiger partial charge in [-0.1, -0.05) is 30.3 Å². The van der Waals surface area contributed by atoms with Gasteiger partial charge in [0.05, 0.1) is 22.6 Å². The van der Waals surface area contributed by atoms with E-state index in [2.05, 4.69) is 10.1 Å². The van der Waals surface area contributed by atoms with E-state index >= 15 is 0 Å². The van der Waals surface area contributed by atoms with Gasteiger partial charge in [-0.15, -0.1) is 0 Å². The number of aromatic nitrogens is 3. The number of hydrogen-bond donors (Lipinski definition) is 1. The average molecular weight is 378 g/mol. The molecule has 0 radical (unpaired) electrons. The second-order valence-corrected chi connectivity index (χ2v) is 7.39. The van der Waals surface area contributed by atoms with E-state index in [1.165, 1.54) is 0 Å². The van der Waals surface area contributed by atoms with Gasteiger partial charge in [0.2, 0.25) is 0 Å². The largest absolute Gasteiger partial charge is 0.481 e. The van der Waals surface area contributed by atoms with Crippen molar-refractivity contribution in [1.29, 1.82) is 0 Å². The van der Waals surface area contributed by atoms with Gasteiger partial charge >= 0.3 is 5.97 Å².